The maximum Gasteiger partial charge on any atom is 0.328 e. The first kappa shape index (κ1) is 13.5. The number of carbonyl (C=O) groups is 3. The highest BCUT2D eigenvalue weighted by Crippen LogP contribution is 2.58. The third-order valence-corrected chi connectivity index (χ3v) is 3.29. The molecule has 0 aromatic carbocycles. The largest absolute Gasteiger partial charge is 0.481 e. The first-order valence-electron chi connectivity index (χ1n) is 5.34. The molecule has 1 fully saturated rings. The molecule has 1 saturated carbocycles. The molecule has 6 nitrogen and oxygen atoms in total. The summed E-state index contributed by atoms with van der Waals surface area (Å²) in [6, 6.07) is -0.765. The zero-order chi connectivity index (χ0) is 13.4. The second kappa shape index (κ2) is 4.35. The Morgan fingerprint density at radius 3 is 2.18 bits per heavy atom. The molecular formula is C11H17NO5. The first-order chi connectivity index (χ1) is 7.73. The normalized spacial score (nSPS) is 26.8. The molecule has 0 aromatic rings. The highest BCUT2D eigenvalue weighted by molar-refractivity contribution is 5.93. The molecule has 1 amide bonds. The van der Waals surface area contributed by atoms with Crippen molar-refractivity contribution in [2.75, 3.05) is 7.11 Å². The SMILES string of the molecule is COC(=O)[C@H](C)NC(=O)[C@H]1[C@@H](C(=O)O)C1(C)C. The van der Waals surface area contributed by atoms with E-state index in [1.54, 1.807) is 13.8 Å². The van der Waals surface area contributed by atoms with E-state index in [0.29, 0.717) is 0 Å². The Balaban J connectivity index is 2.62. The smallest absolute Gasteiger partial charge is 0.328 e. The maximum atomic E-state index is 11.8. The lowest BCUT2D eigenvalue weighted by Crippen LogP contribution is -2.40. The molecule has 0 radical (unpaired) electrons. The molecule has 96 valence electrons. The van der Waals surface area contributed by atoms with Gasteiger partial charge < -0.3 is 15.2 Å². The van der Waals surface area contributed by atoms with Gasteiger partial charge in [0.2, 0.25) is 5.91 Å². The first-order valence-corrected chi connectivity index (χ1v) is 5.34. The number of carboxylic acid groups (broad SMARTS) is 1. The van der Waals surface area contributed by atoms with Gasteiger partial charge in [0.05, 0.1) is 18.9 Å². The van der Waals surface area contributed by atoms with E-state index < -0.39 is 41.1 Å². The molecule has 0 saturated heterocycles. The van der Waals surface area contributed by atoms with E-state index in [9.17, 15) is 14.4 Å². The van der Waals surface area contributed by atoms with Crippen LogP contribution in [0.4, 0.5) is 0 Å². The Hall–Kier alpha value is -1.59. The van der Waals surface area contributed by atoms with Gasteiger partial charge in [-0.2, -0.15) is 0 Å². The van der Waals surface area contributed by atoms with E-state index in [2.05, 4.69) is 10.1 Å². The Morgan fingerprint density at radius 2 is 1.82 bits per heavy atom. The lowest BCUT2D eigenvalue weighted by Gasteiger charge is -2.11. The van der Waals surface area contributed by atoms with Crippen LogP contribution in [0.3, 0.4) is 0 Å². The second-order valence-electron chi connectivity index (χ2n) is 4.87. The monoisotopic (exact) mass is 243 g/mol. The Labute approximate surface area is 99.3 Å². The fourth-order valence-corrected chi connectivity index (χ4v) is 2.13. The van der Waals surface area contributed by atoms with Gasteiger partial charge in [-0.1, -0.05) is 13.8 Å². The Bertz CT molecular complexity index is 363. The summed E-state index contributed by atoms with van der Waals surface area (Å²) >= 11 is 0. The number of amides is 1. The molecule has 6 heteroatoms. The van der Waals surface area contributed by atoms with Crippen LogP contribution in [0.2, 0.25) is 0 Å². The molecule has 1 aliphatic rings. The average Bonchev–Trinajstić information content (AvgIpc) is 2.80. The molecule has 0 bridgehead atoms. The van der Waals surface area contributed by atoms with Crippen LogP contribution in [0.15, 0.2) is 0 Å². The molecule has 1 aliphatic carbocycles. The summed E-state index contributed by atoms with van der Waals surface area (Å²) in [4.78, 5) is 33.8. The standard InChI is InChI=1S/C11H17NO5/c1-5(10(16)17-4)12-8(13)6-7(9(14)15)11(6,2)3/h5-7H,1-4H3,(H,12,13)(H,14,15)/t5-,6+,7-/m0/s1. The van der Waals surface area contributed by atoms with E-state index in [1.807, 2.05) is 0 Å². The van der Waals surface area contributed by atoms with Crippen molar-refractivity contribution in [1.82, 2.24) is 5.32 Å². The predicted octanol–water partition coefficient (Wildman–Crippen LogP) is 0.0209. The van der Waals surface area contributed by atoms with E-state index in [-0.39, 0.29) is 0 Å². The summed E-state index contributed by atoms with van der Waals surface area (Å²) < 4.78 is 4.47. The van der Waals surface area contributed by atoms with Crippen LogP contribution in [0.25, 0.3) is 0 Å². The van der Waals surface area contributed by atoms with Crippen LogP contribution in [0.5, 0.6) is 0 Å². The van der Waals surface area contributed by atoms with Crippen LogP contribution >= 0.6 is 0 Å². The number of esters is 1. The van der Waals surface area contributed by atoms with Gasteiger partial charge in [-0.25, -0.2) is 4.79 Å². The summed E-state index contributed by atoms with van der Waals surface area (Å²) in [7, 11) is 1.23. The molecule has 17 heavy (non-hydrogen) atoms. The molecule has 3 atom stereocenters. The second-order valence-corrected chi connectivity index (χ2v) is 4.87. The summed E-state index contributed by atoms with van der Waals surface area (Å²) in [5.41, 5.74) is -0.564. The van der Waals surface area contributed by atoms with E-state index in [0.717, 1.165) is 0 Å². The number of hydrogen-bond acceptors (Lipinski definition) is 4. The van der Waals surface area contributed by atoms with Crippen LogP contribution in [-0.4, -0.2) is 36.1 Å². The number of rotatable bonds is 4. The third kappa shape index (κ3) is 2.40. The number of aliphatic carboxylic acids is 1. The van der Waals surface area contributed by atoms with Crippen molar-refractivity contribution < 1.29 is 24.2 Å². The highest BCUT2D eigenvalue weighted by Gasteiger charge is 2.66. The van der Waals surface area contributed by atoms with Crippen LogP contribution in [0.1, 0.15) is 20.8 Å². The van der Waals surface area contributed by atoms with Crippen molar-refractivity contribution in [2.24, 2.45) is 17.3 Å². The summed E-state index contributed by atoms with van der Waals surface area (Å²) in [5.74, 6) is -3.23. The van der Waals surface area contributed by atoms with Crippen molar-refractivity contribution in [3.63, 3.8) is 0 Å². The van der Waals surface area contributed by atoms with Gasteiger partial charge in [0.25, 0.3) is 0 Å². The fraction of sp³-hybridized carbons (Fsp3) is 0.727. The minimum Gasteiger partial charge on any atom is -0.481 e. The Morgan fingerprint density at radius 1 is 1.29 bits per heavy atom. The minimum absolute atomic E-state index is 0.416. The third-order valence-electron chi connectivity index (χ3n) is 3.29. The van der Waals surface area contributed by atoms with Gasteiger partial charge in [0, 0.05) is 0 Å². The molecule has 0 heterocycles. The van der Waals surface area contributed by atoms with Crippen LogP contribution in [0, 0.1) is 17.3 Å². The highest BCUT2D eigenvalue weighted by atomic mass is 16.5. The molecular weight excluding hydrogens is 226 g/mol. The number of carbonyl (C=O) groups excluding carboxylic acids is 2. The maximum absolute atomic E-state index is 11.8. The fourth-order valence-electron chi connectivity index (χ4n) is 2.13. The van der Waals surface area contributed by atoms with E-state index in [4.69, 9.17) is 5.11 Å². The summed E-state index contributed by atoms with van der Waals surface area (Å²) in [5, 5.41) is 11.4. The molecule has 1 rings (SSSR count). The zero-order valence-electron chi connectivity index (χ0n) is 10.3. The minimum atomic E-state index is -0.985. The number of hydrogen-bond donors (Lipinski definition) is 2. The lowest BCUT2D eigenvalue weighted by molar-refractivity contribution is -0.144. The van der Waals surface area contributed by atoms with E-state index in [1.165, 1.54) is 14.0 Å². The van der Waals surface area contributed by atoms with Crippen molar-refractivity contribution in [2.45, 2.75) is 26.8 Å². The predicted molar refractivity (Wildman–Crippen MR) is 58.0 cm³/mol. The van der Waals surface area contributed by atoms with Gasteiger partial charge in [-0.3, -0.25) is 9.59 Å². The number of carboxylic acids is 1. The van der Waals surface area contributed by atoms with Crippen molar-refractivity contribution in [3.8, 4) is 0 Å². The molecule has 0 aliphatic heterocycles. The van der Waals surface area contributed by atoms with Gasteiger partial charge in [0.15, 0.2) is 0 Å². The zero-order valence-corrected chi connectivity index (χ0v) is 10.3. The molecule has 0 unspecified atom stereocenters. The van der Waals surface area contributed by atoms with Crippen LogP contribution < -0.4 is 5.32 Å². The van der Waals surface area contributed by atoms with Crippen molar-refractivity contribution >= 4 is 17.8 Å². The summed E-state index contributed by atoms with van der Waals surface area (Å²) in [6.07, 6.45) is 0. The number of methoxy groups -OCH3 is 1. The van der Waals surface area contributed by atoms with Crippen molar-refractivity contribution in [1.29, 1.82) is 0 Å². The molecule has 0 spiro atoms. The van der Waals surface area contributed by atoms with Gasteiger partial charge >= 0.3 is 11.9 Å². The lowest BCUT2D eigenvalue weighted by atomic mass is 10.1. The number of nitrogens with one attached hydrogen (secondary N) is 1. The van der Waals surface area contributed by atoms with Gasteiger partial charge in [-0.05, 0) is 12.3 Å². The average molecular weight is 243 g/mol. The number of ether oxygens (including phenoxy) is 1. The molecule has 2 N–H and O–H groups in total. The van der Waals surface area contributed by atoms with Crippen LogP contribution in [-0.2, 0) is 19.1 Å². The Kier molecular flexibility index (Phi) is 3.45. The quantitative estimate of drug-likeness (QED) is 0.679. The topological polar surface area (TPSA) is 92.7 Å². The van der Waals surface area contributed by atoms with Crippen molar-refractivity contribution in [3.05, 3.63) is 0 Å². The van der Waals surface area contributed by atoms with Gasteiger partial charge in [0.1, 0.15) is 6.04 Å². The van der Waals surface area contributed by atoms with Gasteiger partial charge in [-0.15, -0.1) is 0 Å². The molecule has 0 aromatic heterocycles. The van der Waals surface area contributed by atoms with E-state index >= 15 is 0 Å². The summed E-state index contributed by atoms with van der Waals surface area (Å²) in [6.45, 7) is 4.94.